The lowest BCUT2D eigenvalue weighted by Crippen LogP contribution is -2.62. The van der Waals surface area contributed by atoms with E-state index in [1.165, 1.54) is 131 Å². The smallest absolute Gasteiger partial charge is 0.325 e. The minimum atomic E-state index is -1.71. The summed E-state index contributed by atoms with van der Waals surface area (Å²) in [5.74, 6) is -1.92. The fourth-order valence-corrected chi connectivity index (χ4v) is 24.6. The average molecular weight is 1170 g/mol. The van der Waals surface area contributed by atoms with Crippen LogP contribution in [0.3, 0.4) is 0 Å². The summed E-state index contributed by atoms with van der Waals surface area (Å²) in [4.78, 5) is 75.4. The van der Waals surface area contributed by atoms with Crippen molar-refractivity contribution in [2.75, 3.05) is 109 Å². The summed E-state index contributed by atoms with van der Waals surface area (Å²) in [6.07, 6.45) is 15.6. The Morgan fingerprint density at radius 1 is 0.500 bits per heavy atom. The monoisotopic (exact) mass is 1170 g/mol. The van der Waals surface area contributed by atoms with E-state index in [0.717, 1.165) is 80.4 Å². The number of unbranched alkanes of at least 4 members (excludes halogenated alkanes) is 3. The number of allylic oxidation sites excluding steroid dienone is 2. The molecule has 4 spiro atoms. The third-order valence-corrected chi connectivity index (χ3v) is 26.3. The maximum Gasteiger partial charge on any atom is 0.325 e. The Morgan fingerprint density at radius 3 is 1.70 bits per heavy atom. The molecular weight excluding hydrogens is 1100 g/mol. The van der Waals surface area contributed by atoms with E-state index in [4.69, 9.17) is 18.9 Å². The Labute approximate surface area is 509 Å². The lowest BCUT2D eigenvalue weighted by Gasteiger charge is -2.64. The van der Waals surface area contributed by atoms with Crippen LogP contribution in [-0.2, 0) is 66.2 Å². The molecule has 11 aliphatic rings. The van der Waals surface area contributed by atoms with E-state index in [-0.39, 0.29) is 50.2 Å². The van der Waals surface area contributed by atoms with Crippen LogP contribution in [0, 0.1) is 22.2 Å². The lowest BCUT2D eigenvalue weighted by molar-refractivity contribution is -0.173. The average Bonchev–Trinajstić information content (AvgIpc) is 1.37. The number of hydrogen-bond donors (Lipinski definition) is 0. The van der Waals surface area contributed by atoms with E-state index in [0.29, 0.717) is 38.5 Å². The van der Waals surface area contributed by atoms with E-state index in [1.54, 1.807) is 0 Å². The third kappa shape index (κ3) is 4.50. The number of carbonyl (C=O) groups excluding carboxylic acids is 4. The summed E-state index contributed by atoms with van der Waals surface area (Å²) in [6, 6.07) is 12.0. The van der Waals surface area contributed by atoms with Crippen molar-refractivity contribution in [3.05, 3.63) is 92.1 Å². The van der Waals surface area contributed by atoms with Gasteiger partial charge in [0.05, 0.1) is 31.8 Å². The molecule has 10 aromatic carbocycles. The van der Waals surface area contributed by atoms with Crippen molar-refractivity contribution in [2.45, 2.75) is 98.2 Å². The molecule has 11 aliphatic carbocycles. The number of rotatable bonds is 23. The first-order valence-electron chi connectivity index (χ1n) is 33.1. The van der Waals surface area contributed by atoms with Gasteiger partial charge in [-0.05, 0) is 312 Å². The number of nitrogens with zero attached hydrogens (tertiary/aromatic N) is 4. The summed E-state index contributed by atoms with van der Waals surface area (Å²) in [7, 11) is 16.5. The largest absolute Gasteiger partial charge is 0.465 e. The number of hydrogen-bond acceptors (Lipinski definition) is 12. The SMILES string of the molecule is CN(C)CCCCOC(=O)C1(C(=O)OCCCN(C)C)C23CCc4cc5cc6c7c8c9c%10c%11c%12c%13c(cc%14ccc2c2c%15c%16c%17c(c4C%1613)c5c7c9c%17c%11c%15c%13c%142)C=C1CC2CC8(C=C6)C23C(C(=O)OCCCCN(C)C)(C(=O)OCCCCN(C)C)C%103C1%12. The summed E-state index contributed by atoms with van der Waals surface area (Å²) in [5.41, 5.74) is 4.21. The minimum absolute atomic E-state index is 0.0149. The van der Waals surface area contributed by atoms with Crippen LogP contribution in [0.15, 0.2) is 42.0 Å². The van der Waals surface area contributed by atoms with E-state index in [1.807, 2.05) is 14.1 Å². The van der Waals surface area contributed by atoms with Crippen LogP contribution in [0.4, 0.5) is 0 Å². The van der Waals surface area contributed by atoms with Crippen LogP contribution in [0.2, 0.25) is 0 Å². The second-order valence-electron chi connectivity index (χ2n) is 30.5. The van der Waals surface area contributed by atoms with Gasteiger partial charge in [-0.25, -0.2) is 0 Å². The highest BCUT2D eigenvalue weighted by Crippen LogP contribution is 3.04. The van der Waals surface area contributed by atoms with Gasteiger partial charge in [0.15, 0.2) is 10.8 Å². The van der Waals surface area contributed by atoms with Gasteiger partial charge in [0.2, 0.25) is 0 Å². The highest BCUT2D eigenvalue weighted by Gasteiger charge is 3.08. The van der Waals surface area contributed by atoms with Crippen LogP contribution >= 0.6 is 0 Å². The molecule has 0 amide bonds. The van der Waals surface area contributed by atoms with Gasteiger partial charge in [0.25, 0.3) is 0 Å². The van der Waals surface area contributed by atoms with Gasteiger partial charge in [-0.3, -0.25) is 19.2 Å². The number of esters is 4. The first-order chi connectivity index (χ1) is 42.6. The third-order valence-electron chi connectivity index (χ3n) is 26.3. The molecule has 88 heavy (non-hydrogen) atoms. The zero-order chi connectivity index (χ0) is 59.4. The maximum atomic E-state index is 16.8. The predicted octanol–water partition coefficient (Wildman–Crippen LogP) is 11.6. The zero-order valence-electron chi connectivity index (χ0n) is 51.8. The van der Waals surface area contributed by atoms with Crippen LogP contribution in [0.5, 0.6) is 0 Å². The van der Waals surface area contributed by atoms with Crippen LogP contribution in [0.1, 0.15) is 120 Å². The van der Waals surface area contributed by atoms with Gasteiger partial charge in [0, 0.05) is 34.1 Å². The molecule has 444 valence electrons. The molecule has 0 aliphatic heterocycles. The molecule has 21 rings (SSSR count). The van der Waals surface area contributed by atoms with Crippen LogP contribution in [0.25, 0.3) is 109 Å². The topological polar surface area (TPSA) is 118 Å². The molecule has 8 unspecified atom stereocenters. The van der Waals surface area contributed by atoms with E-state index < -0.39 is 49.8 Å². The van der Waals surface area contributed by atoms with Crippen molar-refractivity contribution in [1.82, 2.24) is 19.6 Å². The maximum absolute atomic E-state index is 16.8. The van der Waals surface area contributed by atoms with Crippen LogP contribution in [-0.4, -0.2) is 152 Å². The fourth-order valence-electron chi connectivity index (χ4n) is 24.6. The van der Waals surface area contributed by atoms with Gasteiger partial charge >= 0.3 is 23.9 Å². The number of benzene rings is 8. The van der Waals surface area contributed by atoms with Gasteiger partial charge in [-0.15, -0.1) is 0 Å². The zero-order valence-corrected chi connectivity index (χ0v) is 51.8. The number of ether oxygens (including phenoxy) is 4. The Kier molecular flexibility index (Phi) is 8.91. The quantitative estimate of drug-likeness (QED) is 0.0152. The molecule has 12 heteroatoms. The number of carbonyl (C=O) groups is 4. The van der Waals surface area contributed by atoms with Crippen molar-refractivity contribution in [3.63, 3.8) is 0 Å². The van der Waals surface area contributed by atoms with Gasteiger partial charge in [0.1, 0.15) is 0 Å². The van der Waals surface area contributed by atoms with E-state index in [9.17, 15) is 0 Å². The Morgan fingerprint density at radius 2 is 1.05 bits per heavy atom. The van der Waals surface area contributed by atoms with Crippen molar-refractivity contribution < 1.29 is 38.1 Å². The molecule has 0 saturated heterocycles. The summed E-state index contributed by atoms with van der Waals surface area (Å²) >= 11 is 0. The standard InChI is InChI=1S/C76H72N4O8/c1-77(2)22-9-12-26-85-66(81)74(67(82)88-29-15-25-80(7)8)71-21-19-38-32-39-31-37-18-20-70-35-42-34-41-33-40-30-36-16-17-43(71)48-44(36)49-45(40)56-59-52-51(49)57(48)64-58-53(52)54-50(46(39)55(58)61(38)72(64,71)74)47(37)63(70)60(54)65(59)73(62(41)56)75(76(42,70)73,68(83)86-27-13-10-23-78(3)4)69(84)87-28-14-11-24-79(5)6/h16-18,20,30-33,42,62H,9-15,19,21-29,34-35H2,1-8H3. The molecule has 12 nitrogen and oxygen atoms in total. The molecule has 0 aromatic heterocycles. The predicted molar refractivity (Wildman–Crippen MR) is 344 cm³/mol. The lowest BCUT2D eigenvalue weighted by atomic mass is 9.38. The normalized spacial score (nSPS) is 29.5. The summed E-state index contributed by atoms with van der Waals surface area (Å²) in [5, 5.41) is 22.0. The fraction of sp³-hybridized carbons (Fsp3) is 0.474. The Hall–Kier alpha value is -6.96. The molecule has 4 saturated carbocycles. The molecule has 0 bridgehead atoms. The Bertz CT molecular complexity index is 5060. The molecule has 10 aromatic rings. The minimum Gasteiger partial charge on any atom is -0.465 e. The van der Waals surface area contributed by atoms with Crippen molar-refractivity contribution in [3.8, 4) is 0 Å². The number of aryl methyl sites for hydroxylation is 1. The molecular formula is C76H72N4O8. The van der Waals surface area contributed by atoms with E-state index >= 15 is 19.2 Å². The highest BCUT2D eigenvalue weighted by molar-refractivity contribution is 6.57. The first kappa shape index (κ1) is 50.9. The summed E-state index contributed by atoms with van der Waals surface area (Å²) < 4.78 is 27.2. The summed E-state index contributed by atoms with van der Waals surface area (Å²) in [6.45, 7) is 4.25. The second-order valence-corrected chi connectivity index (χ2v) is 30.5. The molecule has 4 fully saturated rings. The van der Waals surface area contributed by atoms with Crippen molar-refractivity contribution >= 4 is 133 Å². The molecule has 0 radical (unpaired) electrons. The Balaban J connectivity index is 0.913. The van der Waals surface area contributed by atoms with Gasteiger partial charge < -0.3 is 38.5 Å². The van der Waals surface area contributed by atoms with E-state index in [2.05, 4.69) is 110 Å². The first-order valence-corrected chi connectivity index (χ1v) is 33.1. The van der Waals surface area contributed by atoms with Gasteiger partial charge in [-0.1, -0.05) is 42.0 Å². The highest BCUT2D eigenvalue weighted by atomic mass is 16.6. The van der Waals surface area contributed by atoms with Gasteiger partial charge in [-0.2, -0.15) is 0 Å². The molecule has 8 atom stereocenters. The van der Waals surface area contributed by atoms with Crippen LogP contribution < -0.4 is 0 Å². The molecule has 0 N–H and O–H groups in total. The van der Waals surface area contributed by atoms with Crippen molar-refractivity contribution in [2.24, 2.45) is 22.2 Å². The van der Waals surface area contributed by atoms with Crippen molar-refractivity contribution in [1.29, 1.82) is 0 Å². The second kappa shape index (κ2) is 15.4. The molecule has 0 heterocycles.